The van der Waals surface area contributed by atoms with Gasteiger partial charge in [-0.2, -0.15) is 0 Å². The quantitative estimate of drug-likeness (QED) is 0.621. The van der Waals surface area contributed by atoms with E-state index in [1.54, 1.807) is 0 Å². The molecule has 94 valence electrons. The summed E-state index contributed by atoms with van der Waals surface area (Å²) in [6.07, 6.45) is 1.52. The fourth-order valence-corrected chi connectivity index (χ4v) is 2.47. The van der Waals surface area contributed by atoms with Gasteiger partial charge in [-0.05, 0) is 31.7 Å². The minimum atomic E-state index is -0.450. The minimum absolute atomic E-state index is 0.0224. The molecule has 2 aromatic rings. The number of pyridine rings is 1. The van der Waals surface area contributed by atoms with Crippen molar-refractivity contribution in [1.29, 1.82) is 0 Å². The number of aromatic nitrogens is 4. The molecular formula is C10H11N5O2S. The zero-order valence-electron chi connectivity index (χ0n) is 9.90. The van der Waals surface area contributed by atoms with Crippen molar-refractivity contribution in [2.24, 2.45) is 0 Å². The van der Waals surface area contributed by atoms with E-state index in [0.29, 0.717) is 16.7 Å². The third-order valence-corrected chi connectivity index (χ3v) is 3.35. The van der Waals surface area contributed by atoms with Crippen molar-refractivity contribution < 1.29 is 4.92 Å². The number of hydrogen-bond acceptors (Lipinski definition) is 6. The van der Waals surface area contributed by atoms with E-state index in [-0.39, 0.29) is 5.69 Å². The molecule has 0 spiro atoms. The van der Waals surface area contributed by atoms with Gasteiger partial charge in [0.1, 0.15) is 5.82 Å². The Labute approximate surface area is 107 Å². The van der Waals surface area contributed by atoms with Crippen LogP contribution in [0, 0.1) is 17.0 Å². The van der Waals surface area contributed by atoms with Gasteiger partial charge in [-0.1, -0.05) is 0 Å². The van der Waals surface area contributed by atoms with Crippen molar-refractivity contribution in [3.63, 3.8) is 0 Å². The molecule has 2 rings (SSSR count). The molecule has 0 unspecified atom stereocenters. The molecule has 0 saturated heterocycles. The highest BCUT2D eigenvalue weighted by Gasteiger charge is 2.18. The van der Waals surface area contributed by atoms with Crippen molar-refractivity contribution in [3.8, 4) is 0 Å². The molecule has 2 aromatic heterocycles. The summed E-state index contributed by atoms with van der Waals surface area (Å²) >= 11 is 1.15. The van der Waals surface area contributed by atoms with Gasteiger partial charge >= 0.3 is 5.69 Å². The summed E-state index contributed by atoms with van der Waals surface area (Å²) in [5.41, 5.74) is -0.0224. The molecule has 18 heavy (non-hydrogen) atoms. The Morgan fingerprint density at radius 3 is 2.94 bits per heavy atom. The van der Waals surface area contributed by atoms with Crippen molar-refractivity contribution in [3.05, 3.63) is 34.3 Å². The molecule has 0 atom stereocenters. The number of aryl methyl sites for hydroxylation is 1. The number of nitrogens with zero attached hydrogens (tertiary/aromatic N) is 5. The average molecular weight is 265 g/mol. The molecular weight excluding hydrogens is 254 g/mol. The lowest BCUT2D eigenvalue weighted by Gasteiger charge is -2.04. The molecule has 0 fully saturated rings. The Kier molecular flexibility index (Phi) is 3.56. The number of rotatable bonds is 4. The van der Waals surface area contributed by atoms with Crippen LogP contribution < -0.4 is 0 Å². The van der Waals surface area contributed by atoms with Gasteiger partial charge in [-0.25, -0.2) is 4.98 Å². The topological polar surface area (TPSA) is 86.7 Å². The second-order valence-corrected chi connectivity index (χ2v) is 4.42. The molecule has 0 aliphatic heterocycles. The maximum Gasteiger partial charge on any atom is 0.301 e. The predicted molar refractivity (Wildman–Crippen MR) is 65.4 cm³/mol. The van der Waals surface area contributed by atoms with Crippen LogP contribution >= 0.6 is 11.8 Å². The fourth-order valence-electron chi connectivity index (χ4n) is 1.49. The summed E-state index contributed by atoms with van der Waals surface area (Å²) in [5.74, 6) is 0.776. The van der Waals surface area contributed by atoms with E-state index in [1.165, 1.54) is 18.3 Å². The third kappa shape index (κ3) is 2.33. The third-order valence-electron chi connectivity index (χ3n) is 2.35. The monoisotopic (exact) mass is 265 g/mol. The Hall–Kier alpha value is -1.96. The second-order valence-electron chi connectivity index (χ2n) is 3.46. The van der Waals surface area contributed by atoms with Crippen LogP contribution in [0.1, 0.15) is 12.7 Å². The first-order chi connectivity index (χ1) is 8.63. The van der Waals surface area contributed by atoms with Gasteiger partial charge in [0.25, 0.3) is 0 Å². The molecule has 8 heteroatoms. The van der Waals surface area contributed by atoms with E-state index in [4.69, 9.17) is 0 Å². The van der Waals surface area contributed by atoms with Gasteiger partial charge in [0.05, 0.1) is 4.92 Å². The molecule has 0 aromatic carbocycles. The largest absolute Gasteiger partial charge is 0.306 e. The van der Waals surface area contributed by atoms with Crippen molar-refractivity contribution in [2.75, 3.05) is 0 Å². The summed E-state index contributed by atoms with van der Waals surface area (Å²) in [6.45, 7) is 4.52. The Bertz CT molecular complexity index is 583. The van der Waals surface area contributed by atoms with Crippen LogP contribution in [-0.4, -0.2) is 24.7 Å². The maximum atomic E-state index is 10.9. The van der Waals surface area contributed by atoms with Crippen LogP contribution in [0.15, 0.2) is 28.5 Å². The SMILES string of the molecule is CCn1c(C)nnc1Sc1ncccc1[N+](=O)[O-]. The van der Waals surface area contributed by atoms with E-state index in [9.17, 15) is 10.1 Å². The molecule has 0 amide bonds. The molecule has 0 aliphatic rings. The van der Waals surface area contributed by atoms with E-state index < -0.39 is 4.92 Å². The average Bonchev–Trinajstić information content (AvgIpc) is 2.70. The van der Waals surface area contributed by atoms with Gasteiger partial charge < -0.3 is 4.57 Å². The Morgan fingerprint density at radius 1 is 1.50 bits per heavy atom. The van der Waals surface area contributed by atoms with Crippen LogP contribution in [0.3, 0.4) is 0 Å². The molecule has 0 N–H and O–H groups in total. The molecule has 2 heterocycles. The summed E-state index contributed by atoms with van der Waals surface area (Å²) < 4.78 is 1.88. The number of nitro groups is 1. The van der Waals surface area contributed by atoms with Crippen molar-refractivity contribution in [1.82, 2.24) is 19.7 Å². The normalized spacial score (nSPS) is 10.6. The zero-order valence-corrected chi connectivity index (χ0v) is 10.7. The van der Waals surface area contributed by atoms with Crippen molar-refractivity contribution >= 4 is 17.4 Å². The highest BCUT2D eigenvalue weighted by atomic mass is 32.2. The molecule has 0 bridgehead atoms. The van der Waals surface area contributed by atoms with Gasteiger partial charge in [0.2, 0.25) is 0 Å². The first-order valence-corrected chi connectivity index (χ1v) is 6.12. The van der Waals surface area contributed by atoms with Gasteiger partial charge in [-0.15, -0.1) is 10.2 Å². The highest BCUT2D eigenvalue weighted by molar-refractivity contribution is 7.99. The van der Waals surface area contributed by atoms with E-state index in [2.05, 4.69) is 15.2 Å². The lowest BCUT2D eigenvalue weighted by Crippen LogP contribution is -2.00. The van der Waals surface area contributed by atoms with E-state index >= 15 is 0 Å². The summed E-state index contributed by atoms with van der Waals surface area (Å²) in [7, 11) is 0. The number of hydrogen-bond donors (Lipinski definition) is 0. The smallest absolute Gasteiger partial charge is 0.301 e. The second kappa shape index (κ2) is 5.13. The Balaban J connectivity index is 2.37. The minimum Gasteiger partial charge on any atom is -0.306 e. The fraction of sp³-hybridized carbons (Fsp3) is 0.300. The first kappa shape index (κ1) is 12.5. The molecule has 0 saturated carbocycles. The van der Waals surface area contributed by atoms with Crippen molar-refractivity contribution in [2.45, 2.75) is 30.6 Å². The van der Waals surface area contributed by atoms with Gasteiger partial charge in [-0.3, -0.25) is 10.1 Å². The van der Waals surface area contributed by atoms with E-state index in [1.807, 2.05) is 18.4 Å². The van der Waals surface area contributed by atoms with Gasteiger partial charge in [0.15, 0.2) is 10.2 Å². The lowest BCUT2D eigenvalue weighted by molar-refractivity contribution is -0.388. The first-order valence-electron chi connectivity index (χ1n) is 5.30. The van der Waals surface area contributed by atoms with Crippen LogP contribution in [0.4, 0.5) is 5.69 Å². The maximum absolute atomic E-state index is 10.9. The Morgan fingerprint density at radius 2 is 2.28 bits per heavy atom. The van der Waals surface area contributed by atoms with E-state index in [0.717, 1.165) is 17.6 Å². The van der Waals surface area contributed by atoms with Gasteiger partial charge in [0, 0.05) is 18.8 Å². The lowest BCUT2D eigenvalue weighted by atomic mass is 10.4. The standard InChI is InChI=1S/C10H11N5O2S/c1-3-14-7(2)12-13-10(14)18-9-8(15(16)17)5-4-6-11-9/h4-6H,3H2,1-2H3. The molecule has 0 radical (unpaired) electrons. The molecule has 0 aliphatic carbocycles. The summed E-state index contributed by atoms with van der Waals surface area (Å²) in [5, 5.41) is 19.8. The van der Waals surface area contributed by atoms with Crippen LogP contribution in [0.5, 0.6) is 0 Å². The van der Waals surface area contributed by atoms with Crippen LogP contribution in [0.2, 0.25) is 0 Å². The zero-order chi connectivity index (χ0) is 13.1. The summed E-state index contributed by atoms with van der Waals surface area (Å²) in [4.78, 5) is 14.5. The predicted octanol–water partition coefficient (Wildman–Crippen LogP) is 2.06. The van der Waals surface area contributed by atoms with Crippen LogP contribution in [-0.2, 0) is 6.54 Å². The highest BCUT2D eigenvalue weighted by Crippen LogP contribution is 2.31. The molecule has 7 nitrogen and oxygen atoms in total. The summed E-state index contributed by atoms with van der Waals surface area (Å²) in [6, 6.07) is 2.97. The van der Waals surface area contributed by atoms with Crippen LogP contribution in [0.25, 0.3) is 0 Å².